The van der Waals surface area contributed by atoms with Crippen molar-refractivity contribution < 1.29 is 14.7 Å². The molecule has 0 saturated heterocycles. The minimum absolute atomic E-state index is 0.239. The summed E-state index contributed by atoms with van der Waals surface area (Å²) in [6.45, 7) is 5.73. The van der Waals surface area contributed by atoms with E-state index in [-0.39, 0.29) is 12.5 Å². The molecule has 1 amide bonds. The Hall–Kier alpha value is -1.43. The lowest BCUT2D eigenvalue weighted by Gasteiger charge is -2.17. The maximum atomic E-state index is 12.2. The molecule has 0 aliphatic heterocycles. The largest absolute Gasteiger partial charge is 0.480 e. The van der Waals surface area contributed by atoms with E-state index in [1.165, 1.54) is 16.2 Å². The molecular formula is C12H18N2O3S. The topological polar surface area (TPSA) is 70.5 Å². The summed E-state index contributed by atoms with van der Waals surface area (Å²) in [6, 6.07) is 0. The van der Waals surface area contributed by atoms with Gasteiger partial charge in [-0.25, -0.2) is 4.98 Å². The summed E-state index contributed by atoms with van der Waals surface area (Å²) in [5.41, 5.74) is 0.692. The van der Waals surface area contributed by atoms with E-state index in [1.807, 2.05) is 0 Å². The van der Waals surface area contributed by atoms with Gasteiger partial charge in [0.2, 0.25) is 0 Å². The maximum absolute atomic E-state index is 12.2. The number of aryl methyl sites for hydroxylation is 2. The van der Waals surface area contributed by atoms with Crippen LogP contribution < -0.4 is 0 Å². The Labute approximate surface area is 110 Å². The molecule has 1 rings (SSSR count). The number of likely N-dealkylation sites (N-methyl/N-ethyl adjacent to an activating group) is 1. The van der Waals surface area contributed by atoms with Gasteiger partial charge < -0.3 is 10.0 Å². The number of carboxylic acids is 1. The molecule has 6 heteroatoms. The van der Waals surface area contributed by atoms with Crippen molar-refractivity contribution in [2.75, 3.05) is 13.1 Å². The predicted molar refractivity (Wildman–Crippen MR) is 70.1 cm³/mol. The van der Waals surface area contributed by atoms with Gasteiger partial charge >= 0.3 is 5.97 Å². The second kappa shape index (κ2) is 6.49. The molecule has 0 bridgehead atoms. The second-order valence-electron chi connectivity index (χ2n) is 3.99. The average molecular weight is 270 g/mol. The van der Waals surface area contributed by atoms with E-state index in [0.29, 0.717) is 17.1 Å². The van der Waals surface area contributed by atoms with Crippen molar-refractivity contribution in [3.63, 3.8) is 0 Å². The number of aromatic nitrogens is 1. The third-order valence-electron chi connectivity index (χ3n) is 2.49. The maximum Gasteiger partial charge on any atom is 0.323 e. The molecule has 1 N–H and O–H groups in total. The van der Waals surface area contributed by atoms with Crippen molar-refractivity contribution in [1.82, 2.24) is 9.88 Å². The number of carbonyl (C=O) groups is 2. The van der Waals surface area contributed by atoms with E-state index in [9.17, 15) is 9.59 Å². The lowest BCUT2D eigenvalue weighted by atomic mass is 10.3. The molecule has 0 aliphatic rings. The first-order valence-electron chi connectivity index (χ1n) is 5.96. The van der Waals surface area contributed by atoms with Crippen molar-refractivity contribution in [3.8, 4) is 0 Å². The normalized spacial score (nSPS) is 10.4. The van der Waals surface area contributed by atoms with Gasteiger partial charge in [-0.15, -0.1) is 11.3 Å². The molecule has 0 unspecified atom stereocenters. The molecule has 0 fully saturated rings. The molecule has 0 atom stereocenters. The number of hydrogen-bond donors (Lipinski definition) is 1. The van der Waals surface area contributed by atoms with Crippen LogP contribution in [0.1, 0.15) is 40.6 Å². The van der Waals surface area contributed by atoms with E-state index in [4.69, 9.17) is 5.11 Å². The molecule has 1 aromatic rings. The van der Waals surface area contributed by atoms with Crippen molar-refractivity contribution >= 4 is 23.2 Å². The fourth-order valence-corrected chi connectivity index (χ4v) is 2.74. The highest BCUT2D eigenvalue weighted by atomic mass is 32.1. The zero-order valence-electron chi connectivity index (χ0n) is 10.9. The van der Waals surface area contributed by atoms with E-state index in [0.717, 1.165) is 17.8 Å². The predicted octanol–water partition coefficient (Wildman–Crippen LogP) is 1.95. The van der Waals surface area contributed by atoms with Crippen LogP contribution in [-0.4, -0.2) is 40.0 Å². The third kappa shape index (κ3) is 3.53. The van der Waals surface area contributed by atoms with Crippen LogP contribution in [0.5, 0.6) is 0 Å². The molecular weight excluding hydrogens is 252 g/mol. The van der Waals surface area contributed by atoms with Crippen LogP contribution in [0.2, 0.25) is 0 Å². The zero-order valence-corrected chi connectivity index (χ0v) is 11.7. The quantitative estimate of drug-likeness (QED) is 0.857. The lowest BCUT2D eigenvalue weighted by Crippen LogP contribution is -2.35. The highest BCUT2D eigenvalue weighted by Crippen LogP contribution is 2.21. The Morgan fingerprint density at radius 1 is 1.39 bits per heavy atom. The van der Waals surface area contributed by atoms with Crippen LogP contribution in [0.3, 0.4) is 0 Å². The second-order valence-corrected chi connectivity index (χ2v) is 5.07. The molecule has 1 aromatic heterocycles. The summed E-state index contributed by atoms with van der Waals surface area (Å²) in [5, 5.41) is 9.70. The standard InChI is InChI=1S/C12H18N2O3S/c1-4-6-9-13-8(3)11(18-9)12(17)14(5-2)7-10(15)16/h4-7H2,1-3H3,(H,15,16). The van der Waals surface area contributed by atoms with Gasteiger partial charge in [-0.1, -0.05) is 6.92 Å². The summed E-state index contributed by atoms with van der Waals surface area (Å²) in [6.07, 6.45) is 1.83. The number of carbonyl (C=O) groups excluding carboxylic acids is 1. The molecule has 0 spiro atoms. The number of amides is 1. The van der Waals surface area contributed by atoms with Crippen LogP contribution in [0.25, 0.3) is 0 Å². The number of rotatable bonds is 6. The summed E-state index contributed by atoms with van der Waals surface area (Å²) >= 11 is 1.37. The van der Waals surface area contributed by atoms with E-state index >= 15 is 0 Å². The van der Waals surface area contributed by atoms with Crippen LogP contribution in [0.15, 0.2) is 0 Å². The van der Waals surface area contributed by atoms with Gasteiger partial charge in [0.1, 0.15) is 11.4 Å². The fourth-order valence-electron chi connectivity index (χ4n) is 1.61. The fraction of sp³-hybridized carbons (Fsp3) is 0.583. The Morgan fingerprint density at radius 3 is 2.56 bits per heavy atom. The SMILES string of the molecule is CCCc1nc(C)c(C(=O)N(CC)CC(=O)O)s1. The van der Waals surface area contributed by atoms with Crippen LogP contribution in [0, 0.1) is 6.92 Å². The first-order chi connectivity index (χ1) is 8.49. The van der Waals surface area contributed by atoms with Crippen molar-refractivity contribution in [3.05, 3.63) is 15.6 Å². The molecule has 5 nitrogen and oxygen atoms in total. The smallest absolute Gasteiger partial charge is 0.323 e. The van der Waals surface area contributed by atoms with Crippen LogP contribution in [-0.2, 0) is 11.2 Å². The van der Waals surface area contributed by atoms with Crippen molar-refractivity contribution in [1.29, 1.82) is 0 Å². The minimum atomic E-state index is -0.999. The van der Waals surface area contributed by atoms with E-state index < -0.39 is 5.97 Å². The molecule has 18 heavy (non-hydrogen) atoms. The zero-order chi connectivity index (χ0) is 13.7. The van der Waals surface area contributed by atoms with Gasteiger partial charge in [-0.3, -0.25) is 9.59 Å². The lowest BCUT2D eigenvalue weighted by molar-refractivity contribution is -0.137. The number of nitrogens with zero attached hydrogens (tertiary/aromatic N) is 2. The monoisotopic (exact) mass is 270 g/mol. The van der Waals surface area contributed by atoms with E-state index in [2.05, 4.69) is 11.9 Å². The average Bonchev–Trinajstić information content (AvgIpc) is 2.66. The van der Waals surface area contributed by atoms with Crippen molar-refractivity contribution in [2.24, 2.45) is 0 Å². The van der Waals surface area contributed by atoms with Crippen LogP contribution >= 0.6 is 11.3 Å². The Bertz CT molecular complexity index is 443. The van der Waals surface area contributed by atoms with Gasteiger partial charge in [-0.2, -0.15) is 0 Å². The summed E-state index contributed by atoms with van der Waals surface area (Å²) in [7, 11) is 0. The summed E-state index contributed by atoms with van der Waals surface area (Å²) < 4.78 is 0. The number of hydrogen-bond acceptors (Lipinski definition) is 4. The Morgan fingerprint density at radius 2 is 2.06 bits per heavy atom. The van der Waals surface area contributed by atoms with Gasteiger partial charge in [0.15, 0.2) is 0 Å². The molecule has 0 radical (unpaired) electrons. The third-order valence-corrected chi connectivity index (χ3v) is 3.70. The molecule has 0 saturated carbocycles. The van der Waals surface area contributed by atoms with Crippen LogP contribution in [0.4, 0.5) is 0 Å². The van der Waals surface area contributed by atoms with Gasteiger partial charge in [0, 0.05) is 6.54 Å². The molecule has 100 valence electrons. The first kappa shape index (κ1) is 14.6. The Kier molecular flexibility index (Phi) is 5.27. The number of carboxylic acid groups (broad SMARTS) is 1. The highest BCUT2D eigenvalue weighted by molar-refractivity contribution is 7.13. The molecule has 0 aromatic carbocycles. The van der Waals surface area contributed by atoms with E-state index in [1.54, 1.807) is 13.8 Å². The number of aliphatic carboxylic acids is 1. The van der Waals surface area contributed by atoms with Gasteiger partial charge in [0.25, 0.3) is 5.91 Å². The number of thiazole rings is 1. The summed E-state index contributed by atoms with van der Waals surface area (Å²) in [5.74, 6) is -1.24. The molecule has 0 aliphatic carbocycles. The Balaban J connectivity index is 2.90. The first-order valence-corrected chi connectivity index (χ1v) is 6.78. The summed E-state index contributed by atoms with van der Waals surface area (Å²) in [4.78, 5) is 29.1. The van der Waals surface area contributed by atoms with Gasteiger partial charge in [0.05, 0.1) is 10.7 Å². The van der Waals surface area contributed by atoms with Gasteiger partial charge in [-0.05, 0) is 26.7 Å². The minimum Gasteiger partial charge on any atom is -0.480 e. The molecule has 1 heterocycles. The van der Waals surface area contributed by atoms with Crippen molar-refractivity contribution in [2.45, 2.75) is 33.6 Å². The highest BCUT2D eigenvalue weighted by Gasteiger charge is 2.21.